The summed E-state index contributed by atoms with van der Waals surface area (Å²) in [6.07, 6.45) is 1.62. The second-order valence-corrected chi connectivity index (χ2v) is 9.26. The molecule has 0 unspecified atom stereocenters. The van der Waals surface area contributed by atoms with Crippen LogP contribution in [0.2, 0.25) is 10.0 Å². The fraction of sp³-hybridized carbons (Fsp3) is 0.120. The Labute approximate surface area is 220 Å². The van der Waals surface area contributed by atoms with Gasteiger partial charge in [-0.1, -0.05) is 47.5 Å². The van der Waals surface area contributed by atoms with Crippen molar-refractivity contribution in [2.45, 2.75) is 13.5 Å². The number of rotatable bonds is 7. The van der Waals surface area contributed by atoms with Gasteiger partial charge in [-0.25, -0.2) is 9.69 Å². The summed E-state index contributed by atoms with van der Waals surface area (Å²) in [6.45, 7) is 2.52. The van der Waals surface area contributed by atoms with Crippen LogP contribution in [-0.2, 0) is 11.4 Å². The predicted molar refractivity (Wildman–Crippen MR) is 142 cm³/mol. The third kappa shape index (κ3) is 5.32. The van der Waals surface area contributed by atoms with E-state index in [0.29, 0.717) is 39.4 Å². The fourth-order valence-corrected chi connectivity index (χ4v) is 4.62. The molecule has 34 heavy (non-hydrogen) atoms. The zero-order valence-electron chi connectivity index (χ0n) is 18.0. The van der Waals surface area contributed by atoms with Gasteiger partial charge in [-0.15, -0.1) is 0 Å². The number of imide groups is 1. The molecule has 0 bridgehead atoms. The third-order valence-corrected chi connectivity index (χ3v) is 6.31. The highest BCUT2D eigenvalue weighted by Crippen LogP contribution is 2.36. The van der Waals surface area contributed by atoms with Crippen LogP contribution >= 0.6 is 45.8 Å². The molecule has 4 rings (SSSR count). The van der Waals surface area contributed by atoms with Crippen LogP contribution in [0.3, 0.4) is 0 Å². The van der Waals surface area contributed by atoms with Crippen LogP contribution in [-0.4, -0.2) is 18.5 Å². The van der Waals surface area contributed by atoms with Crippen LogP contribution in [0.4, 0.5) is 10.5 Å². The number of hydrogen-bond acceptors (Lipinski definition) is 4. The lowest BCUT2D eigenvalue weighted by Crippen LogP contribution is -2.30. The van der Waals surface area contributed by atoms with Gasteiger partial charge in [0.15, 0.2) is 11.5 Å². The van der Waals surface area contributed by atoms with Crippen molar-refractivity contribution in [1.82, 2.24) is 5.32 Å². The molecule has 3 aromatic carbocycles. The average Bonchev–Trinajstić information content (AvgIpc) is 3.08. The number of ether oxygens (including phenoxy) is 2. The number of nitrogens with one attached hydrogen (secondary N) is 1. The maximum absolute atomic E-state index is 12.9. The summed E-state index contributed by atoms with van der Waals surface area (Å²) in [4.78, 5) is 26.4. The van der Waals surface area contributed by atoms with Gasteiger partial charge >= 0.3 is 6.03 Å². The van der Waals surface area contributed by atoms with Gasteiger partial charge in [0.1, 0.15) is 12.3 Å². The van der Waals surface area contributed by atoms with Crippen LogP contribution in [0.1, 0.15) is 18.1 Å². The largest absolute Gasteiger partial charge is 0.490 e. The maximum atomic E-state index is 12.9. The van der Waals surface area contributed by atoms with Gasteiger partial charge < -0.3 is 14.8 Å². The van der Waals surface area contributed by atoms with E-state index in [9.17, 15) is 9.59 Å². The molecule has 174 valence electrons. The summed E-state index contributed by atoms with van der Waals surface area (Å²) in [6, 6.07) is 17.1. The van der Waals surface area contributed by atoms with Crippen LogP contribution in [0.25, 0.3) is 6.08 Å². The smallest absolute Gasteiger partial charge is 0.333 e. The van der Waals surface area contributed by atoms with Gasteiger partial charge in [0.25, 0.3) is 5.91 Å². The highest BCUT2D eigenvalue weighted by Gasteiger charge is 2.34. The lowest BCUT2D eigenvalue weighted by molar-refractivity contribution is -0.113. The molecule has 0 aromatic heterocycles. The first-order chi connectivity index (χ1) is 16.4. The van der Waals surface area contributed by atoms with Gasteiger partial charge in [-0.2, -0.15) is 0 Å². The molecule has 1 aliphatic rings. The van der Waals surface area contributed by atoms with E-state index in [1.54, 1.807) is 48.5 Å². The zero-order chi connectivity index (χ0) is 24.2. The van der Waals surface area contributed by atoms with E-state index in [1.807, 2.05) is 25.1 Å². The van der Waals surface area contributed by atoms with E-state index in [1.165, 1.54) is 0 Å². The minimum Gasteiger partial charge on any atom is -0.490 e. The monoisotopic (exact) mass is 608 g/mol. The van der Waals surface area contributed by atoms with E-state index in [4.69, 9.17) is 32.7 Å². The van der Waals surface area contributed by atoms with E-state index < -0.39 is 11.9 Å². The van der Waals surface area contributed by atoms with E-state index in [2.05, 4.69) is 27.9 Å². The Morgan fingerprint density at radius 2 is 1.79 bits per heavy atom. The van der Waals surface area contributed by atoms with Crippen molar-refractivity contribution in [2.75, 3.05) is 11.5 Å². The number of anilines is 1. The molecule has 0 radical (unpaired) electrons. The number of urea groups is 1. The van der Waals surface area contributed by atoms with Gasteiger partial charge in [-0.05, 0) is 77.6 Å². The molecule has 3 aromatic rings. The summed E-state index contributed by atoms with van der Waals surface area (Å²) < 4.78 is 12.6. The number of benzene rings is 3. The van der Waals surface area contributed by atoms with E-state index in [0.717, 1.165) is 14.0 Å². The average molecular weight is 609 g/mol. The Balaban J connectivity index is 1.60. The Morgan fingerprint density at radius 1 is 1.03 bits per heavy atom. The normalized spacial score (nSPS) is 14.5. The van der Waals surface area contributed by atoms with Crippen molar-refractivity contribution in [1.29, 1.82) is 0 Å². The van der Waals surface area contributed by atoms with Crippen LogP contribution in [0.15, 0.2) is 66.4 Å². The minimum absolute atomic E-state index is 0.175. The summed E-state index contributed by atoms with van der Waals surface area (Å²) in [5, 5.41) is 3.71. The molecular formula is C25H19Cl2IN2O4. The Bertz CT molecular complexity index is 1280. The Morgan fingerprint density at radius 3 is 2.50 bits per heavy atom. The molecule has 3 amide bonds. The third-order valence-electron chi connectivity index (χ3n) is 4.92. The highest BCUT2D eigenvalue weighted by molar-refractivity contribution is 14.1. The molecule has 1 N–H and O–H groups in total. The number of amides is 3. The number of para-hydroxylation sites is 1. The van der Waals surface area contributed by atoms with Crippen molar-refractivity contribution < 1.29 is 19.1 Å². The molecule has 0 atom stereocenters. The summed E-state index contributed by atoms with van der Waals surface area (Å²) in [5.74, 6) is 0.646. The molecule has 6 nitrogen and oxygen atoms in total. The van der Waals surface area contributed by atoms with Crippen molar-refractivity contribution in [3.8, 4) is 11.5 Å². The zero-order valence-corrected chi connectivity index (χ0v) is 21.6. The molecule has 0 aliphatic carbocycles. The number of carbonyl (C=O) groups excluding carboxylic acids is 2. The quantitative estimate of drug-likeness (QED) is 0.185. The summed E-state index contributed by atoms with van der Waals surface area (Å²) in [5.41, 5.74) is 2.15. The fourth-order valence-electron chi connectivity index (χ4n) is 3.38. The van der Waals surface area contributed by atoms with E-state index in [-0.39, 0.29) is 12.3 Å². The van der Waals surface area contributed by atoms with Gasteiger partial charge in [-0.3, -0.25) is 4.79 Å². The molecular weight excluding hydrogens is 590 g/mol. The Kier molecular flexibility index (Phi) is 7.65. The first-order valence-corrected chi connectivity index (χ1v) is 12.2. The summed E-state index contributed by atoms with van der Waals surface area (Å²) in [7, 11) is 0. The SMILES string of the molecule is CCOc1cc(/C=C2/NC(=O)N(c3ccccc3)C2=O)cc(I)c1OCc1ccc(Cl)cc1Cl. The number of carbonyl (C=O) groups is 2. The molecule has 1 fully saturated rings. The number of hydrogen-bond donors (Lipinski definition) is 1. The second-order valence-electron chi connectivity index (χ2n) is 7.25. The van der Waals surface area contributed by atoms with Crippen LogP contribution in [0, 0.1) is 3.57 Å². The van der Waals surface area contributed by atoms with Crippen LogP contribution < -0.4 is 19.7 Å². The topological polar surface area (TPSA) is 67.9 Å². The van der Waals surface area contributed by atoms with Crippen molar-refractivity contribution in [3.05, 3.63) is 91.1 Å². The molecule has 0 saturated carbocycles. The lowest BCUT2D eigenvalue weighted by atomic mass is 10.1. The summed E-state index contributed by atoms with van der Waals surface area (Å²) >= 11 is 14.4. The maximum Gasteiger partial charge on any atom is 0.333 e. The highest BCUT2D eigenvalue weighted by atomic mass is 127. The van der Waals surface area contributed by atoms with Crippen LogP contribution in [0.5, 0.6) is 11.5 Å². The van der Waals surface area contributed by atoms with Crippen molar-refractivity contribution >= 4 is 69.5 Å². The standard InChI is InChI=1S/C25H19Cl2IN2O4/c1-2-33-22-12-15(10-20(28)23(22)34-14-16-8-9-17(26)13-19(16)27)11-21-24(31)30(25(32)29-21)18-6-4-3-5-7-18/h3-13H,2,14H2,1H3,(H,29,32)/b21-11+. The van der Waals surface area contributed by atoms with Crippen molar-refractivity contribution in [3.63, 3.8) is 0 Å². The minimum atomic E-state index is -0.498. The first kappa shape index (κ1) is 24.4. The number of halogens is 3. The second kappa shape index (κ2) is 10.7. The molecule has 0 spiro atoms. The van der Waals surface area contributed by atoms with Gasteiger partial charge in [0.05, 0.1) is 15.9 Å². The predicted octanol–water partition coefficient (Wildman–Crippen LogP) is 6.67. The molecule has 1 heterocycles. The van der Waals surface area contributed by atoms with Crippen molar-refractivity contribution in [2.24, 2.45) is 0 Å². The molecule has 9 heteroatoms. The van der Waals surface area contributed by atoms with Gasteiger partial charge in [0.2, 0.25) is 0 Å². The lowest BCUT2D eigenvalue weighted by Gasteiger charge is -2.15. The number of nitrogens with zero attached hydrogens (tertiary/aromatic N) is 1. The molecule has 1 saturated heterocycles. The molecule has 1 aliphatic heterocycles. The van der Waals surface area contributed by atoms with E-state index >= 15 is 0 Å². The van der Waals surface area contributed by atoms with Gasteiger partial charge in [0, 0.05) is 15.6 Å². The first-order valence-electron chi connectivity index (χ1n) is 10.3. The Hall–Kier alpha value is -2.75.